The first-order chi connectivity index (χ1) is 7.11. The molecule has 0 atom stereocenters. The summed E-state index contributed by atoms with van der Waals surface area (Å²) in [5.41, 5.74) is 0.603. The quantitative estimate of drug-likeness (QED) is 0.910. The Balaban J connectivity index is 1.87. The Kier molecular flexibility index (Phi) is 3.09. The largest absolute Gasteiger partial charge is 0.387 e. The van der Waals surface area contributed by atoms with E-state index in [9.17, 15) is 5.11 Å². The fourth-order valence-electron chi connectivity index (χ4n) is 1.85. The Hall–Kier alpha value is -0.450. The number of aliphatic hydroxyl groups is 1. The van der Waals surface area contributed by atoms with Crippen molar-refractivity contribution >= 4 is 15.9 Å². The van der Waals surface area contributed by atoms with Crippen molar-refractivity contribution in [2.45, 2.75) is 25.5 Å². The summed E-state index contributed by atoms with van der Waals surface area (Å²) in [6.45, 7) is 4.38. The molecule has 3 nitrogen and oxygen atoms in total. The van der Waals surface area contributed by atoms with Gasteiger partial charge in [-0.05, 0) is 34.5 Å². The maximum Gasteiger partial charge on any atom is 0.0897 e. The van der Waals surface area contributed by atoms with Crippen molar-refractivity contribution in [3.05, 3.63) is 28.5 Å². The highest BCUT2D eigenvalue weighted by atomic mass is 79.9. The molecule has 0 radical (unpaired) electrons. The highest BCUT2D eigenvalue weighted by Crippen LogP contribution is 2.25. The first kappa shape index (κ1) is 11.0. The SMILES string of the molecule is CCC1(O)CN(Cc2ccc(Br)cn2)C1. The summed E-state index contributed by atoms with van der Waals surface area (Å²) >= 11 is 3.36. The lowest BCUT2D eigenvalue weighted by atomic mass is 9.91. The van der Waals surface area contributed by atoms with Gasteiger partial charge in [-0.3, -0.25) is 9.88 Å². The molecule has 1 aliphatic rings. The summed E-state index contributed by atoms with van der Waals surface area (Å²) in [5, 5.41) is 9.84. The summed E-state index contributed by atoms with van der Waals surface area (Å²) < 4.78 is 1.000. The van der Waals surface area contributed by atoms with E-state index in [1.54, 1.807) is 6.20 Å². The van der Waals surface area contributed by atoms with Gasteiger partial charge < -0.3 is 5.11 Å². The lowest BCUT2D eigenvalue weighted by molar-refractivity contribution is -0.103. The normalized spacial score (nSPS) is 19.9. The monoisotopic (exact) mass is 270 g/mol. The van der Waals surface area contributed by atoms with Gasteiger partial charge in [0.2, 0.25) is 0 Å². The molecule has 1 fully saturated rings. The molecule has 1 N–H and O–H groups in total. The number of aromatic nitrogens is 1. The van der Waals surface area contributed by atoms with Crippen molar-refractivity contribution in [2.24, 2.45) is 0 Å². The second-order valence-corrected chi connectivity index (χ2v) is 5.11. The second kappa shape index (κ2) is 4.20. The van der Waals surface area contributed by atoms with Crippen molar-refractivity contribution in [3.63, 3.8) is 0 Å². The third-order valence-corrected chi connectivity index (χ3v) is 3.34. The predicted octanol–water partition coefficient (Wildman–Crippen LogP) is 1.80. The van der Waals surface area contributed by atoms with Gasteiger partial charge in [0.15, 0.2) is 0 Å². The van der Waals surface area contributed by atoms with Crippen molar-refractivity contribution in [1.82, 2.24) is 9.88 Å². The van der Waals surface area contributed by atoms with E-state index in [1.165, 1.54) is 0 Å². The van der Waals surface area contributed by atoms with Gasteiger partial charge in [-0.25, -0.2) is 0 Å². The van der Waals surface area contributed by atoms with E-state index in [1.807, 2.05) is 19.1 Å². The molecular formula is C11H15BrN2O. The van der Waals surface area contributed by atoms with E-state index in [0.29, 0.717) is 0 Å². The number of β-amino-alcohol motifs (C(OH)–C–C–N with tert-alkyl or cyclic N) is 1. The van der Waals surface area contributed by atoms with Gasteiger partial charge in [0.1, 0.15) is 0 Å². The second-order valence-electron chi connectivity index (χ2n) is 4.19. The predicted molar refractivity (Wildman–Crippen MR) is 62.5 cm³/mol. The van der Waals surface area contributed by atoms with Gasteiger partial charge >= 0.3 is 0 Å². The van der Waals surface area contributed by atoms with Crippen LogP contribution in [0.1, 0.15) is 19.0 Å². The molecule has 1 saturated heterocycles. The molecule has 2 heterocycles. The summed E-state index contributed by atoms with van der Waals surface area (Å²) in [7, 11) is 0. The number of likely N-dealkylation sites (tertiary alicyclic amines) is 1. The average molecular weight is 271 g/mol. The van der Waals surface area contributed by atoms with Crippen molar-refractivity contribution in [1.29, 1.82) is 0 Å². The molecule has 0 aromatic carbocycles. The van der Waals surface area contributed by atoms with Crippen LogP contribution in [0, 0.1) is 0 Å². The fraction of sp³-hybridized carbons (Fsp3) is 0.545. The van der Waals surface area contributed by atoms with E-state index in [2.05, 4.69) is 25.8 Å². The third kappa shape index (κ3) is 2.56. The van der Waals surface area contributed by atoms with E-state index in [0.717, 1.165) is 36.2 Å². The van der Waals surface area contributed by atoms with Gasteiger partial charge in [0.25, 0.3) is 0 Å². The number of pyridine rings is 1. The molecule has 0 unspecified atom stereocenters. The molecule has 0 aliphatic carbocycles. The van der Waals surface area contributed by atoms with E-state index < -0.39 is 5.60 Å². The molecule has 1 aliphatic heterocycles. The zero-order valence-electron chi connectivity index (χ0n) is 8.78. The van der Waals surface area contributed by atoms with Gasteiger partial charge in [0.05, 0.1) is 11.3 Å². The standard InChI is InChI=1S/C11H15BrN2O/c1-2-11(15)7-14(8-11)6-10-4-3-9(12)5-13-10/h3-5,15H,2,6-8H2,1H3. The summed E-state index contributed by atoms with van der Waals surface area (Å²) in [6, 6.07) is 4.00. The summed E-state index contributed by atoms with van der Waals surface area (Å²) in [6.07, 6.45) is 2.64. The first-order valence-corrected chi connectivity index (χ1v) is 5.96. The molecule has 0 saturated carbocycles. The van der Waals surface area contributed by atoms with Crippen LogP contribution in [-0.2, 0) is 6.54 Å². The maximum absolute atomic E-state index is 9.84. The van der Waals surface area contributed by atoms with Crippen LogP contribution >= 0.6 is 15.9 Å². The van der Waals surface area contributed by atoms with Gasteiger partial charge in [-0.1, -0.05) is 6.92 Å². The van der Waals surface area contributed by atoms with Crippen LogP contribution in [0.2, 0.25) is 0 Å². The Morgan fingerprint density at radius 3 is 2.80 bits per heavy atom. The smallest absolute Gasteiger partial charge is 0.0897 e. The highest BCUT2D eigenvalue weighted by Gasteiger charge is 2.39. The third-order valence-electron chi connectivity index (χ3n) is 2.87. The minimum atomic E-state index is -0.449. The van der Waals surface area contributed by atoms with E-state index in [-0.39, 0.29) is 0 Å². The lowest BCUT2D eigenvalue weighted by Crippen LogP contribution is -2.60. The molecule has 1 aromatic heterocycles. The Morgan fingerprint density at radius 1 is 1.53 bits per heavy atom. The topological polar surface area (TPSA) is 36.4 Å². The maximum atomic E-state index is 9.84. The number of hydrogen-bond acceptors (Lipinski definition) is 3. The Labute approximate surface area is 98.3 Å². The van der Waals surface area contributed by atoms with E-state index in [4.69, 9.17) is 0 Å². The van der Waals surface area contributed by atoms with Crippen molar-refractivity contribution < 1.29 is 5.11 Å². The van der Waals surface area contributed by atoms with Crippen LogP contribution in [0.15, 0.2) is 22.8 Å². The number of hydrogen-bond donors (Lipinski definition) is 1. The lowest BCUT2D eigenvalue weighted by Gasteiger charge is -2.46. The number of rotatable bonds is 3. The Bertz CT molecular complexity index is 333. The van der Waals surface area contributed by atoms with Crippen LogP contribution in [0.4, 0.5) is 0 Å². The molecule has 4 heteroatoms. The molecule has 2 rings (SSSR count). The van der Waals surface area contributed by atoms with Crippen LogP contribution < -0.4 is 0 Å². The minimum Gasteiger partial charge on any atom is -0.387 e. The Morgan fingerprint density at radius 2 is 2.27 bits per heavy atom. The molecule has 0 amide bonds. The molecule has 1 aromatic rings. The van der Waals surface area contributed by atoms with Crippen LogP contribution in [0.25, 0.3) is 0 Å². The van der Waals surface area contributed by atoms with Crippen molar-refractivity contribution in [2.75, 3.05) is 13.1 Å². The van der Waals surface area contributed by atoms with Crippen LogP contribution in [0.3, 0.4) is 0 Å². The van der Waals surface area contributed by atoms with E-state index >= 15 is 0 Å². The van der Waals surface area contributed by atoms with Crippen LogP contribution in [-0.4, -0.2) is 33.7 Å². The van der Waals surface area contributed by atoms with Gasteiger partial charge in [-0.2, -0.15) is 0 Å². The molecule has 0 bridgehead atoms. The number of nitrogens with zero attached hydrogens (tertiary/aromatic N) is 2. The molecule has 0 spiro atoms. The van der Waals surface area contributed by atoms with Gasteiger partial charge in [0, 0.05) is 30.3 Å². The minimum absolute atomic E-state index is 0.449. The molecule has 82 valence electrons. The first-order valence-electron chi connectivity index (χ1n) is 5.16. The summed E-state index contributed by atoms with van der Waals surface area (Å²) in [4.78, 5) is 6.51. The fourth-order valence-corrected chi connectivity index (χ4v) is 2.09. The van der Waals surface area contributed by atoms with Crippen molar-refractivity contribution in [3.8, 4) is 0 Å². The molecule has 15 heavy (non-hydrogen) atoms. The average Bonchev–Trinajstić information content (AvgIpc) is 2.19. The summed E-state index contributed by atoms with van der Waals surface area (Å²) in [5.74, 6) is 0. The highest BCUT2D eigenvalue weighted by molar-refractivity contribution is 9.10. The van der Waals surface area contributed by atoms with Gasteiger partial charge in [-0.15, -0.1) is 0 Å². The zero-order chi connectivity index (χ0) is 10.9. The number of halogens is 1. The molecular weight excluding hydrogens is 256 g/mol. The van der Waals surface area contributed by atoms with Crippen LogP contribution in [0.5, 0.6) is 0 Å². The zero-order valence-corrected chi connectivity index (χ0v) is 10.4.